The molecule has 4 aromatic rings. The van der Waals surface area contributed by atoms with Crippen molar-refractivity contribution in [1.29, 1.82) is 0 Å². The summed E-state index contributed by atoms with van der Waals surface area (Å²) >= 11 is 0. The molecular formula is C25H24N4O5. The van der Waals surface area contributed by atoms with Crippen LogP contribution in [0.4, 0.5) is 5.69 Å². The van der Waals surface area contributed by atoms with Gasteiger partial charge in [-0.15, -0.1) is 0 Å². The van der Waals surface area contributed by atoms with Gasteiger partial charge in [-0.25, -0.2) is 9.48 Å². The number of ether oxygens (including phenoxy) is 2. The van der Waals surface area contributed by atoms with Crippen LogP contribution in [0.2, 0.25) is 0 Å². The Hall–Kier alpha value is -4.40. The van der Waals surface area contributed by atoms with Crippen molar-refractivity contribution < 1.29 is 23.6 Å². The van der Waals surface area contributed by atoms with Crippen molar-refractivity contribution in [2.24, 2.45) is 0 Å². The molecule has 34 heavy (non-hydrogen) atoms. The van der Waals surface area contributed by atoms with E-state index < -0.39 is 5.97 Å². The largest absolute Gasteiger partial charge is 0.497 e. The summed E-state index contributed by atoms with van der Waals surface area (Å²) in [6.07, 6.45) is 0. The Labute approximate surface area is 196 Å². The van der Waals surface area contributed by atoms with E-state index in [1.807, 2.05) is 42.5 Å². The van der Waals surface area contributed by atoms with Crippen molar-refractivity contribution in [3.8, 4) is 22.7 Å². The normalized spacial score (nSPS) is 10.7. The van der Waals surface area contributed by atoms with Crippen molar-refractivity contribution in [2.75, 3.05) is 19.0 Å². The maximum atomic E-state index is 12.8. The lowest BCUT2D eigenvalue weighted by atomic mass is 10.1. The highest BCUT2D eigenvalue weighted by Gasteiger charge is 2.20. The number of nitrogens with one attached hydrogen (secondary N) is 1. The Bertz CT molecular complexity index is 1320. The van der Waals surface area contributed by atoms with E-state index in [-0.39, 0.29) is 18.2 Å². The van der Waals surface area contributed by atoms with E-state index in [2.05, 4.69) is 15.6 Å². The van der Waals surface area contributed by atoms with E-state index in [9.17, 15) is 9.59 Å². The fourth-order valence-electron chi connectivity index (χ4n) is 3.57. The van der Waals surface area contributed by atoms with Gasteiger partial charge < -0.3 is 19.3 Å². The Balaban J connectivity index is 1.72. The monoisotopic (exact) mass is 460 g/mol. The van der Waals surface area contributed by atoms with Crippen LogP contribution in [0.5, 0.6) is 5.75 Å². The molecule has 0 spiro atoms. The molecule has 0 atom stereocenters. The van der Waals surface area contributed by atoms with Crippen LogP contribution < -0.4 is 10.1 Å². The highest BCUT2D eigenvalue weighted by Crippen LogP contribution is 2.28. The number of rotatable bonds is 7. The minimum absolute atomic E-state index is 0.179. The van der Waals surface area contributed by atoms with E-state index >= 15 is 0 Å². The predicted molar refractivity (Wildman–Crippen MR) is 125 cm³/mol. The molecule has 0 bridgehead atoms. The van der Waals surface area contributed by atoms with E-state index in [4.69, 9.17) is 14.0 Å². The molecule has 0 radical (unpaired) electrons. The van der Waals surface area contributed by atoms with Crippen molar-refractivity contribution >= 4 is 17.6 Å². The molecule has 4 rings (SSSR count). The molecular weight excluding hydrogens is 436 g/mol. The van der Waals surface area contributed by atoms with Gasteiger partial charge in [-0.2, -0.15) is 5.10 Å². The minimum atomic E-state index is -0.515. The lowest BCUT2D eigenvalue weighted by molar-refractivity contribution is 0.0518. The maximum Gasteiger partial charge on any atom is 0.358 e. The van der Waals surface area contributed by atoms with Gasteiger partial charge in [0.1, 0.15) is 17.1 Å². The number of benzene rings is 2. The lowest BCUT2D eigenvalue weighted by Crippen LogP contribution is -2.13. The van der Waals surface area contributed by atoms with Gasteiger partial charge in [-0.3, -0.25) is 4.79 Å². The van der Waals surface area contributed by atoms with Crippen LogP contribution in [0.25, 0.3) is 16.9 Å². The smallest absolute Gasteiger partial charge is 0.358 e. The summed E-state index contributed by atoms with van der Waals surface area (Å²) in [5.74, 6) is 0.318. The minimum Gasteiger partial charge on any atom is -0.497 e. The number of amides is 1. The first-order chi connectivity index (χ1) is 16.4. The zero-order valence-corrected chi connectivity index (χ0v) is 19.3. The van der Waals surface area contributed by atoms with Crippen LogP contribution in [0.3, 0.4) is 0 Å². The summed E-state index contributed by atoms with van der Waals surface area (Å²) in [4.78, 5) is 25.2. The summed E-state index contributed by atoms with van der Waals surface area (Å²) in [7, 11) is 1.59. The average Bonchev–Trinajstić information content (AvgIpc) is 3.43. The van der Waals surface area contributed by atoms with Gasteiger partial charge in [0.25, 0.3) is 5.91 Å². The van der Waals surface area contributed by atoms with E-state index in [1.54, 1.807) is 44.7 Å². The fraction of sp³-hybridized carbons (Fsp3) is 0.200. The van der Waals surface area contributed by atoms with Gasteiger partial charge in [0, 0.05) is 11.3 Å². The van der Waals surface area contributed by atoms with Crippen molar-refractivity contribution in [3.63, 3.8) is 0 Å². The number of aryl methyl sites for hydroxylation is 2. The molecule has 0 saturated carbocycles. The van der Waals surface area contributed by atoms with Gasteiger partial charge in [0.2, 0.25) is 0 Å². The van der Waals surface area contributed by atoms with Crippen LogP contribution >= 0.6 is 0 Å². The van der Waals surface area contributed by atoms with Crippen LogP contribution in [-0.2, 0) is 4.74 Å². The van der Waals surface area contributed by atoms with Crippen molar-refractivity contribution in [1.82, 2.24) is 14.9 Å². The standard InChI is InChI=1S/C25H24N4O5/c1-5-33-25(31)21-14-22(29(27-21)19-9-11-20(32-4)12-10-19)17-7-6-8-18(13-17)26-24(30)23-15(2)28-34-16(23)3/h6-14H,5H2,1-4H3,(H,26,30). The van der Waals surface area contributed by atoms with E-state index in [0.717, 1.165) is 11.3 Å². The van der Waals surface area contributed by atoms with Crippen LogP contribution in [0, 0.1) is 13.8 Å². The fourth-order valence-corrected chi connectivity index (χ4v) is 3.57. The highest BCUT2D eigenvalue weighted by molar-refractivity contribution is 6.05. The molecule has 2 aromatic carbocycles. The van der Waals surface area contributed by atoms with E-state index in [0.29, 0.717) is 34.1 Å². The highest BCUT2D eigenvalue weighted by atomic mass is 16.5. The molecule has 1 amide bonds. The molecule has 0 saturated heterocycles. The third-order valence-electron chi connectivity index (χ3n) is 5.19. The molecule has 2 aromatic heterocycles. The maximum absolute atomic E-state index is 12.8. The molecule has 0 fully saturated rings. The van der Waals surface area contributed by atoms with Gasteiger partial charge >= 0.3 is 5.97 Å². The van der Waals surface area contributed by atoms with Crippen LogP contribution in [-0.4, -0.2) is 40.5 Å². The quantitative estimate of drug-likeness (QED) is 0.402. The first-order valence-corrected chi connectivity index (χ1v) is 10.7. The van der Waals surface area contributed by atoms with Gasteiger partial charge in [-0.1, -0.05) is 17.3 Å². The zero-order chi connectivity index (χ0) is 24.2. The third kappa shape index (κ3) is 4.54. The predicted octanol–water partition coefficient (Wildman–Crippen LogP) is 4.58. The van der Waals surface area contributed by atoms with Crippen LogP contribution in [0.1, 0.15) is 39.2 Å². The summed E-state index contributed by atoms with van der Waals surface area (Å²) in [6.45, 7) is 5.39. The second-order valence-electron chi connectivity index (χ2n) is 7.48. The zero-order valence-electron chi connectivity index (χ0n) is 19.3. The van der Waals surface area contributed by atoms with Gasteiger partial charge in [0.15, 0.2) is 5.69 Å². The average molecular weight is 460 g/mol. The van der Waals surface area contributed by atoms with Gasteiger partial charge in [0.05, 0.1) is 30.8 Å². The molecule has 174 valence electrons. The number of carbonyl (C=O) groups excluding carboxylic acids is 2. The summed E-state index contributed by atoms with van der Waals surface area (Å²) in [5.41, 5.74) is 3.80. The topological polar surface area (TPSA) is 108 Å². The molecule has 1 N–H and O–H groups in total. The molecule has 0 aliphatic carbocycles. The lowest BCUT2D eigenvalue weighted by Gasteiger charge is -2.10. The number of methoxy groups -OCH3 is 1. The molecule has 9 nitrogen and oxygen atoms in total. The Morgan fingerprint density at radius 1 is 1.09 bits per heavy atom. The number of aromatic nitrogens is 3. The number of hydrogen-bond acceptors (Lipinski definition) is 7. The molecule has 2 heterocycles. The summed E-state index contributed by atoms with van der Waals surface area (Å²) in [6, 6.07) is 16.2. The van der Waals surface area contributed by atoms with Crippen LogP contribution in [0.15, 0.2) is 59.1 Å². The second-order valence-corrected chi connectivity index (χ2v) is 7.48. The molecule has 0 aliphatic heterocycles. The summed E-state index contributed by atoms with van der Waals surface area (Å²) in [5, 5.41) is 11.2. The first-order valence-electron chi connectivity index (χ1n) is 10.7. The Kier molecular flexibility index (Phi) is 6.44. The van der Waals surface area contributed by atoms with Gasteiger partial charge in [-0.05, 0) is 63.2 Å². The third-order valence-corrected chi connectivity index (χ3v) is 5.19. The number of nitrogens with zero attached hydrogens (tertiary/aromatic N) is 3. The first kappa shape index (κ1) is 22.8. The number of carbonyl (C=O) groups is 2. The second kappa shape index (κ2) is 9.62. The molecule has 9 heteroatoms. The molecule has 0 aliphatic rings. The SMILES string of the molecule is CCOC(=O)c1cc(-c2cccc(NC(=O)c3c(C)noc3C)c2)n(-c2ccc(OC)cc2)n1. The number of anilines is 1. The Morgan fingerprint density at radius 2 is 1.85 bits per heavy atom. The van der Waals surface area contributed by atoms with E-state index in [1.165, 1.54) is 0 Å². The number of esters is 1. The summed E-state index contributed by atoms with van der Waals surface area (Å²) < 4.78 is 17.1. The molecule has 0 unspecified atom stereocenters. The van der Waals surface area contributed by atoms with Crippen molar-refractivity contribution in [2.45, 2.75) is 20.8 Å². The Morgan fingerprint density at radius 3 is 2.50 bits per heavy atom. The van der Waals surface area contributed by atoms with Crippen molar-refractivity contribution in [3.05, 3.63) is 77.3 Å². The number of hydrogen-bond donors (Lipinski definition) is 1.